The molecule has 27 heavy (non-hydrogen) atoms. The smallest absolute Gasteiger partial charge is 0.224 e. The van der Waals surface area contributed by atoms with Crippen LogP contribution < -0.4 is 15.4 Å². The van der Waals surface area contributed by atoms with E-state index in [9.17, 15) is 4.39 Å². The molecule has 6 heteroatoms. The van der Waals surface area contributed by atoms with Crippen molar-refractivity contribution in [1.29, 1.82) is 0 Å². The first-order valence-corrected chi connectivity index (χ1v) is 8.79. The Kier molecular flexibility index (Phi) is 5.86. The number of anilines is 3. The zero-order valence-electron chi connectivity index (χ0n) is 15.7. The molecule has 1 heterocycles. The van der Waals surface area contributed by atoms with Crippen LogP contribution >= 0.6 is 0 Å². The second-order valence-electron chi connectivity index (χ2n) is 6.35. The van der Waals surface area contributed by atoms with E-state index >= 15 is 0 Å². The summed E-state index contributed by atoms with van der Waals surface area (Å²) in [4.78, 5) is 8.96. The highest BCUT2D eigenvalue weighted by Gasteiger charge is 2.07. The number of nitrogens with one attached hydrogen (secondary N) is 2. The molecule has 0 unspecified atom stereocenters. The highest BCUT2D eigenvalue weighted by molar-refractivity contribution is 5.65. The Morgan fingerprint density at radius 2 is 1.78 bits per heavy atom. The van der Waals surface area contributed by atoms with Gasteiger partial charge in [-0.2, -0.15) is 4.98 Å². The van der Waals surface area contributed by atoms with Gasteiger partial charge in [0, 0.05) is 18.3 Å². The number of methoxy groups -OCH3 is 1. The minimum absolute atomic E-state index is 0.226. The van der Waals surface area contributed by atoms with Gasteiger partial charge in [-0.05, 0) is 55.7 Å². The van der Waals surface area contributed by atoms with Crippen molar-refractivity contribution < 1.29 is 9.13 Å². The van der Waals surface area contributed by atoms with Gasteiger partial charge in [0.2, 0.25) is 5.95 Å². The monoisotopic (exact) mass is 366 g/mol. The van der Waals surface area contributed by atoms with Gasteiger partial charge in [0.25, 0.3) is 0 Å². The van der Waals surface area contributed by atoms with Crippen LogP contribution in [0.15, 0.2) is 48.5 Å². The van der Waals surface area contributed by atoms with Crippen molar-refractivity contribution in [1.82, 2.24) is 9.97 Å². The summed E-state index contributed by atoms with van der Waals surface area (Å²) in [6.07, 6.45) is 0.756. The fraction of sp³-hybridized carbons (Fsp3) is 0.238. The molecule has 3 aromatic rings. The zero-order chi connectivity index (χ0) is 19.2. The van der Waals surface area contributed by atoms with Gasteiger partial charge in [0.05, 0.1) is 12.8 Å². The molecule has 2 N–H and O–H groups in total. The van der Waals surface area contributed by atoms with Crippen LogP contribution in [0.2, 0.25) is 0 Å². The third kappa shape index (κ3) is 5.17. The second-order valence-corrected chi connectivity index (χ2v) is 6.35. The highest BCUT2D eigenvalue weighted by Crippen LogP contribution is 2.28. The molecule has 3 rings (SSSR count). The molecule has 0 atom stereocenters. The fourth-order valence-corrected chi connectivity index (χ4v) is 2.74. The summed E-state index contributed by atoms with van der Waals surface area (Å²) in [5, 5.41) is 6.53. The van der Waals surface area contributed by atoms with Crippen LogP contribution in [0.3, 0.4) is 0 Å². The Morgan fingerprint density at radius 3 is 2.52 bits per heavy atom. The fourth-order valence-electron chi connectivity index (χ4n) is 2.74. The molecule has 1 aromatic heterocycles. The topological polar surface area (TPSA) is 59.1 Å². The van der Waals surface area contributed by atoms with E-state index in [-0.39, 0.29) is 5.82 Å². The van der Waals surface area contributed by atoms with Crippen LogP contribution in [-0.4, -0.2) is 23.6 Å². The van der Waals surface area contributed by atoms with Crippen LogP contribution in [0.1, 0.15) is 16.8 Å². The number of aromatic nitrogens is 2. The second kappa shape index (κ2) is 8.49. The summed E-state index contributed by atoms with van der Waals surface area (Å²) >= 11 is 0. The number of nitrogens with zero attached hydrogens (tertiary/aromatic N) is 2. The Morgan fingerprint density at radius 1 is 1.00 bits per heavy atom. The van der Waals surface area contributed by atoms with Gasteiger partial charge in [-0.1, -0.05) is 18.2 Å². The van der Waals surface area contributed by atoms with Crippen LogP contribution in [0, 0.1) is 19.7 Å². The van der Waals surface area contributed by atoms with E-state index in [1.54, 1.807) is 19.2 Å². The standard InChI is InChI=1S/C21H23FN4O/c1-14-4-9-19(27-3)18(12-14)25-20-13-15(2)24-21(26-20)23-11-10-16-5-7-17(22)8-6-16/h4-9,12-13H,10-11H2,1-3H3,(H2,23,24,25,26). The van der Waals surface area contributed by atoms with E-state index in [1.165, 1.54) is 12.1 Å². The quantitative estimate of drug-likeness (QED) is 0.638. The number of halogens is 1. The first-order valence-electron chi connectivity index (χ1n) is 8.79. The van der Waals surface area contributed by atoms with Crippen LogP contribution in [0.5, 0.6) is 5.75 Å². The minimum Gasteiger partial charge on any atom is -0.495 e. The Hall–Kier alpha value is -3.15. The van der Waals surface area contributed by atoms with Crippen LogP contribution in [0.25, 0.3) is 0 Å². The van der Waals surface area contributed by atoms with Gasteiger partial charge in [-0.3, -0.25) is 0 Å². The van der Waals surface area contributed by atoms with Crippen LogP contribution in [-0.2, 0) is 6.42 Å². The van der Waals surface area contributed by atoms with Gasteiger partial charge in [-0.25, -0.2) is 9.37 Å². The molecule has 0 bridgehead atoms. The molecule has 5 nitrogen and oxygen atoms in total. The maximum absolute atomic E-state index is 13.0. The maximum Gasteiger partial charge on any atom is 0.224 e. The molecule has 0 aliphatic rings. The minimum atomic E-state index is -0.226. The number of aryl methyl sites for hydroxylation is 2. The Labute approximate surface area is 158 Å². The predicted molar refractivity (Wildman–Crippen MR) is 106 cm³/mol. The van der Waals surface area contributed by atoms with Gasteiger partial charge < -0.3 is 15.4 Å². The average Bonchev–Trinajstić information content (AvgIpc) is 2.63. The van der Waals surface area contributed by atoms with Crippen molar-refractivity contribution in [3.05, 3.63) is 71.2 Å². The van der Waals surface area contributed by atoms with E-state index in [2.05, 4.69) is 20.6 Å². The van der Waals surface area contributed by atoms with Gasteiger partial charge in [0.15, 0.2) is 0 Å². The molecule has 0 saturated heterocycles. The zero-order valence-corrected chi connectivity index (χ0v) is 15.7. The van der Waals surface area contributed by atoms with Gasteiger partial charge in [-0.15, -0.1) is 0 Å². The molecular weight excluding hydrogens is 343 g/mol. The first kappa shape index (κ1) is 18.6. The van der Waals surface area contributed by atoms with Gasteiger partial charge in [0.1, 0.15) is 17.4 Å². The lowest BCUT2D eigenvalue weighted by Crippen LogP contribution is -2.10. The van der Waals surface area contributed by atoms with Crippen molar-refractivity contribution in [2.24, 2.45) is 0 Å². The summed E-state index contributed by atoms with van der Waals surface area (Å²) in [6, 6.07) is 14.3. The van der Waals surface area contributed by atoms with Crippen molar-refractivity contribution >= 4 is 17.5 Å². The average molecular weight is 366 g/mol. The molecular formula is C21H23FN4O. The van der Waals surface area contributed by atoms with Crippen molar-refractivity contribution in [2.45, 2.75) is 20.3 Å². The van der Waals surface area contributed by atoms with Crippen molar-refractivity contribution in [2.75, 3.05) is 24.3 Å². The lowest BCUT2D eigenvalue weighted by atomic mass is 10.1. The number of hydrogen-bond acceptors (Lipinski definition) is 5. The lowest BCUT2D eigenvalue weighted by molar-refractivity contribution is 0.416. The molecule has 0 spiro atoms. The largest absolute Gasteiger partial charge is 0.495 e. The first-order chi connectivity index (χ1) is 13.0. The molecule has 0 aliphatic carbocycles. The van der Waals surface area contributed by atoms with E-state index in [1.807, 2.05) is 38.1 Å². The van der Waals surface area contributed by atoms with Crippen molar-refractivity contribution in [3.8, 4) is 5.75 Å². The molecule has 0 amide bonds. The third-order valence-electron chi connectivity index (χ3n) is 4.08. The van der Waals surface area contributed by atoms with E-state index in [0.29, 0.717) is 18.3 Å². The van der Waals surface area contributed by atoms with E-state index in [0.717, 1.165) is 34.7 Å². The maximum atomic E-state index is 13.0. The Balaban J connectivity index is 1.69. The summed E-state index contributed by atoms with van der Waals surface area (Å²) in [5.74, 6) is 1.76. The van der Waals surface area contributed by atoms with Crippen LogP contribution in [0.4, 0.5) is 21.8 Å². The normalized spacial score (nSPS) is 10.5. The van der Waals surface area contributed by atoms with Crippen molar-refractivity contribution in [3.63, 3.8) is 0 Å². The van der Waals surface area contributed by atoms with E-state index in [4.69, 9.17) is 4.74 Å². The number of hydrogen-bond donors (Lipinski definition) is 2. The third-order valence-corrected chi connectivity index (χ3v) is 4.08. The molecule has 0 aliphatic heterocycles. The van der Waals surface area contributed by atoms with E-state index < -0.39 is 0 Å². The molecule has 140 valence electrons. The summed E-state index contributed by atoms with van der Waals surface area (Å²) in [6.45, 7) is 4.60. The highest BCUT2D eigenvalue weighted by atomic mass is 19.1. The number of ether oxygens (including phenoxy) is 1. The molecule has 0 fully saturated rings. The SMILES string of the molecule is COc1ccc(C)cc1Nc1cc(C)nc(NCCc2ccc(F)cc2)n1. The summed E-state index contributed by atoms with van der Waals surface area (Å²) in [7, 11) is 1.64. The molecule has 0 radical (unpaired) electrons. The molecule has 0 saturated carbocycles. The van der Waals surface area contributed by atoms with Gasteiger partial charge >= 0.3 is 0 Å². The summed E-state index contributed by atoms with van der Waals surface area (Å²) < 4.78 is 18.4. The Bertz CT molecular complexity index is 913. The summed E-state index contributed by atoms with van der Waals surface area (Å²) in [5.41, 5.74) is 3.89. The lowest BCUT2D eigenvalue weighted by Gasteiger charge is -2.13. The number of rotatable bonds is 7. The predicted octanol–water partition coefficient (Wildman–Crippen LogP) is 4.64. The molecule has 2 aromatic carbocycles. The number of benzene rings is 2.